The van der Waals surface area contributed by atoms with E-state index in [-0.39, 0.29) is 24.1 Å². The fraction of sp³-hybridized carbons (Fsp3) is 0.167. The number of benzene rings is 3. The van der Waals surface area contributed by atoms with Crippen LogP contribution in [0.4, 0.5) is 0 Å². The maximum atomic E-state index is 13.5. The number of nitrogens with zero attached hydrogens (tertiary/aromatic N) is 2. The van der Waals surface area contributed by atoms with Crippen molar-refractivity contribution >= 4 is 11.5 Å². The van der Waals surface area contributed by atoms with Crippen LogP contribution in [-0.4, -0.2) is 33.6 Å². The summed E-state index contributed by atoms with van der Waals surface area (Å²) in [6.07, 6.45) is 3.40. The molecule has 0 fully saturated rings. The van der Waals surface area contributed by atoms with E-state index in [4.69, 9.17) is 4.74 Å². The molecule has 0 aliphatic carbocycles. The highest BCUT2D eigenvalue weighted by molar-refractivity contribution is 5.93. The van der Waals surface area contributed by atoms with Crippen molar-refractivity contribution in [2.24, 2.45) is 0 Å². The zero-order valence-corrected chi connectivity index (χ0v) is 20.4. The highest BCUT2D eigenvalue weighted by Gasteiger charge is 2.24. The molecule has 4 aromatic rings. The fourth-order valence-corrected chi connectivity index (χ4v) is 3.87. The molecule has 1 N–H and O–H groups in total. The summed E-state index contributed by atoms with van der Waals surface area (Å²) in [6, 6.07) is 29.4. The molecule has 1 amide bonds. The Morgan fingerprint density at radius 2 is 1.47 bits per heavy atom. The quantitative estimate of drug-likeness (QED) is 0.352. The maximum absolute atomic E-state index is 13.5. The van der Waals surface area contributed by atoms with Crippen molar-refractivity contribution in [1.29, 1.82) is 0 Å². The van der Waals surface area contributed by atoms with Crippen LogP contribution in [0.25, 0.3) is 5.57 Å². The number of hydrogen-bond donors (Lipinski definition) is 1. The molecule has 0 aliphatic heterocycles. The van der Waals surface area contributed by atoms with Gasteiger partial charge in [0.1, 0.15) is 6.61 Å². The SMILES string of the molecule is CC(C)N(CC=C(c1ccccc1)c1ccccc1)C(=O)c1n[nH]cc(OCc2ccccc2)c1=O. The Morgan fingerprint density at radius 1 is 0.917 bits per heavy atom. The van der Waals surface area contributed by atoms with Gasteiger partial charge in [-0.2, -0.15) is 5.10 Å². The molecule has 6 heteroatoms. The van der Waals surface area contributed by atoms with E-state index in [9.17, 15) is 9.59 Å². The van der Waals surface area contributed by atoms with Crippen molar-refractivity contribution in [3.8, 4) is 5.75 Å². The van der Waals surface area contributed by atoms with E-state index in [1.807, 2.05) is 111 Å². The molecule has 3 aromatic carbocycles. The third kappa shape index (κ3) is 5.96. The van der Waals surface area contributed by atoms with Gasteiger partial charge in [0, 0.05) is 12.6 Å². The van der Waals surface area contributed by atoms with Gasteiger partial charge < -0.3 is 9.64 Å². The van der Waals surface area contributed by atoms with Crippen LogP contribution in [0.2, 0.25) is 0 Å². The number of rotatable bonds is 9. The minimum atomic E-state index is -0.532. The van der Waals surface area contributed by atoms with Gasteiger partial charge in [-0.1, -0.05) is 97.1 Å². The largest absolute Gasteiger partial charge is 0.483 e. The van der Waals surface area contributed by atoms with Crippen molar-refractivity contribution in [1.82, 2.24) is 15.1 Å². The van der Waals surface area contributed by atoms with E-state index < -0.39 is 11.3 Å². The number of amides is 1. The minimum absolute atomic E-state index is 0.0608. The molecule has 0 unspecified atom stereocenters. The Morgan fingerprint density at radius 3 is 2.03 bits per heavy atom. The first-order chi connectivity index (χ1) is 17.5. The molecule has 0 atom stereocenters. The number of hydrogen-bond acceptors (Lipinski definition) is 4. The van der Waals surface area contributed by atoms with Crippen LogP contribution in [-0.2, 0) is 6.61 Å². The van der Waals surface area contributed by atoms with Gasteiger partial charge >= 0.3 is 0 Å². The first kappa shape index (κ1) is 24.7. The maximum Gasteiger partial charge on any atom is 0.279 e. The standard InChI is InChI=1S/C30H29N3O3/c1-22(2)33(19-18-26(24-14-8-4-9-15-24)25-16-10-5-11-17-25)30(35)28-29(34)27(20-31-32-28)36-21-23-12-6-3-7-13-23/h3-18,20,22H,19,21H2,1-2H3,(H,31,34). The fourth-order valence-electron chi connectivity index (χ4n) is 3.87. The summed E-state index contributed by atoms with van der Waals surface area (Å²) in [5, 5.41) is 6.67. The summed E-state index contributed by atoms with van der Waals surface area (Å²) in [7, 11) is 0. The van der Waals surface area contributed by atoms with E-state index in [0.717, 1.165) is 22.3 Å². The monoisotopic (exact) mass is 479 g/mol. The van der Waals surface area contributed by atoms with E-state index in [0.29, 0.717) is 6.54 Å². The van der Waals surface area contributed by atoms with Crippen molar-refractivity contribution in [2.45, 2.75) is 26.5 Å². The molecule has 1 aromatic heterocycles. The van der Waals surface area contributed by atoms with Gasteiger partial charge in [-0.25, -0.2) is 0 Å². The van der Waals surface area contributed by atoms with Gasteiger partial charge in [0.25, 0.3) is 11.3 Å². The molecule has 36 heavy (non-hydrogen) atoms. The van der Waals surface area contributed by atoms with Crippen LogP contribution in [0, 0.1) is 0 Å². The van der Waals surface area contributed by atoms with Crippen molar-refractivity contribution < 1.29 is 9.53 Å². The van der Waals surface area contributed by atoms with E-state index in [2.05, 4.69) is 10.2 Å². The molecule has 6 nitrogen and oxygen atoms in total. The van der Waals surface area contributed by atoms with Crippen molar-refractivity contribution in [3.63, 3.8) is 0 Å². The van der Waals surface area contributed by atoms with Crippen LogP contribution < -0.4 is 10.2 Å². The molecule has 0 radical (unpaired) electrons. The predicted octanol–water partition coefficient (Wildman–Crippen LogP) is 5.33. The minimum Gasteiger partial charge on any atom is -0.483 e. The second-order valence-electron chi connectivity index (χ2n) is 8.60. The van der Waals surface area contributed by atoms with Crippen LogP contribution in [0.1, 0.15) is 41.0 Å². The zero-order chi connectivity index (χ0) is 25.3. The number of carbonyl (C=O) groups excluding carboxylic acids is 1. The first-order valence-corrected chi connectivity index (χ1v) is 11.9. The Bertz CT molecular complexity index is 1320. The lowest BCUT2D eigenvalue weighted by Gasteiger charge is -2.25. The topological polar surface area (TPSA) is 75.3 Å². The van der Waals surface area contributed by atoms with Gasteiger partial charge in [-0.15, -0.1) is 0 Å². The van der Waals surface area contributed by atoms with E-state index in [1.54, 1.807) is 4.90 Å². The summed E-state index contributed by atoms with van der Waals surface area (Å²) in [5.74, 6) is -0.390. The number of carbonyl (C=O) groups is 1. The predicted molar refractivity (Wildman–Crippen MR) is 142 cm³/mol. The lowest BCUT2D eigenvalue weighted by molar-refractivity contribution is 0.0719. The summed E-state index contributed by atoms with van der Waals surface area (Å²) in [6.45, 7) is 4.36. The Hall–Kier alpha value is -4.45. The van der Waals surface area contributed by atoms with Crippen LogP contribution in [0.3, 0.4) is 0 Å². The van der Waals surface area contributed by atoms with Gasteiger partial charge in [-0.3, -0.25) is 14.7 Å². The summed E-state index contributed by atoms with van der Waals surface area (Å²) in [4.78, 5) is 28.2. The molecule has 4 rings (SSSR count). The molecule has 0 spiro atoms. The zero-order valence-electron chi connectivity index (χ0n) is 20.4. The molecular weight excluding hydrogens is 450 g/mol. The molecule has 0 saturated carbocycles. The Balaban J connectivity index is 1.60. The van der Waals surface area contributed by atoms with Crippen LogP contribution >= 0.6 is 0 Å². The number of ether oxygens (including phenoxy) is 1. The molecule has 1 heterocycles. The Kier molecular flexibility index (Phi) is 8.08. The highest BCUT2D eigenvalue weighted by atomic mass is 16.5. The number of aromatic amines is 1. The average Bonchev–Trinajstić information content (AvgIpc) is 2.91. The summed E-state index contributed by atoms with van der Waals surface area (Å²) in [5.41, 5.74) is 3.31. The second-order valence-corrected chi connectivity index (χ2v) is 8.60. The third-order valence-corrected chi connectivity index (χ3v) is 5.80. The smallest absolute Gasteiger partial charge is 0.279 e. The van der Waals surface area contributed by atoms with Gasteiger partial charge in [0.05, 0.1) is 6.20 Å². The third-order valence-electron chi connectivity index (χ3n) is 5.80. The summed E-state index contributed by atoms with van der Waals surface area (Å²) < 4.78 is 5.70. The first-order valence-electron chi connectivity index (χ1n) is 11.9. The van der Waals surface area contributed by atoms with Crippen molar-refractivity contribution in [3.05, 3.63) is 136 Å². The highest BCUT2D eigenvalue weighted by Crippen LogP contribution is 2.23. The lowest BCUT2D eigenvalue weighted by Crippen LogP contribution is -2.40. The summed E-state index contributed by atoms with van der Waals surface area (Å²) >= 11 is 0. The number of H-pyrrole nitrogens is 1. The molecule has 182 valence electrons. The molecule has 0 aliphatic rings. The van der Waals surface area contributed by atoms with Crippen LogP contribution in [0.5, 0.6) is 5.75 Å². The van der Waals surface area contributed by atoms with Crippen molar-refractivity contribution in [2.75, 3.05) is 6.54 Å². The normalized spacial score (nSPS) is 10.6. The van der Waals surface area contributed by atoms with E-state index >= 15 is 0 Å². The lowest BCUT2D eigenvalue weighted by atomic mass is 9.97. The molecule has 0 saturated heterocycles. The Labute approximate surface area is 210 Å². The van der Waals surface area contributed by atoms with Gasteiger partial charge in [-0.05, 0) is 36.1 Å². The second kappa shape index (κ2) is 11.8. The number of aromatic nitrogens is 2. The van der Waals surface area contributed by atoms with Gasteiger partial charge in [0.15, 0.2) is 11.4 Å². The van der Waals surface area contributed by atoms with Crippen LogP contribution in [0.15, 0.2) is 108 Å². The number of nitrogens with one attached hydrogen (secondary N) is 1. The van der Waals surface area contributed by atoms with E-state index in [1.165, 1.54) is 6.20 Å². The molecule has 0 bridgehead atoms. The average molecular weight is 480 g/mol. The molecular formula is C30H29N3O3. The van der Waals surface area contributed by atoms with Gasteiger partial charge in [0.2, 0.25) is 0 Å².